The summed E-state index contributed by atoms with van der Waals surface area (Å²) in [5.41, 5.74) is 2.68. The molecule has 2 nitrogen and oxygen atoms in total. The first kappa shape index (κ1) is 13.9. The van der Waals surface area contributed by atoms with Crippen LogP contribution in [0.1, 0.15) is 38.2 Å². The van der Waals surface area contributed by atoms with E-state index in [2.05, 4.69) is 51.3 Å². The Hall–Kier alpha value is -0.540. The van der Waals surface area contributed by atoms with Gasteiger partial charge in [0.25, 0.3) is 0 Å². The Balaban J connectivity index is 2.19. The van der Waals surface area contributed by atoms with Crippen LogP contribution in [0.25, 0.3) is 0 Å². The predicted octanol–water partition coefficient (Wildman–Crippen LogP) is 3.94. The second-order valence-corrected chi connectivity index (χ2v) is 5.89. The lowest BCUT2D eigenvalue weighted by Crippen LogP contribution is -2.33. The molecule has 1 aromatic rings. The van der Waals surface area contributed by atoms with Crippen LogP contribution in [0.2, 0.25) is 0 Å². The quantitative estimate of drug-likeness (QED) is 0.886. The van der Waals surface area contributed by atoms with Crippen LogP contribution in [0.15, 0.2) is 22.7 Å². The minimum atomic E-state index is 0.737. The van der Waals surface area contributed by atoms with Crippen LogP contribution in [0.3, 0.4) is 0 Å². The molecule has 0 heterocycles. The van der Waals surface area contributed by atoms with Crippen LogP contribution < -0.4 is 10.2 Å². The van der Waals surface area contributed by atoms with E-state index in [9.17, 15) is 0 Å². The van der Waals surface area contributed by atoms with Gasteiger partial charge in [-0.2, -0.15) is 0 Å². The molecular weight excluding hydrogens is 288 g/mol. The van der Waals surface area contributed by atoms with Crippen molar-refractivity contribution in [2.75, 3.05) is 18.5 Å². The SMILES string of the molecule is CCN(c1ccc(CNC)cc1Br)C1CCCC1. The van der Waals surface area contributed by atoms with Crippen LogP contribution in [-0.4, -0.2) is 19.6 Å². The molecular formula is C15H23BrN2. The van der Waals surface area contributed by atoms with E-state index in [1.165, 1.54) is 41.4 Å². The van der Waals surface area contributed by atoms with Crippen LogP contribution in [0.5, 0.6) is 0 Å². The second kappa shape index (κ2) is 6.58. The highest BCUT2D eigenvalue weighted by Crippen LogP contribution is 2.33. The fourth-order valence-electron chi connectivity index (χ4n) is 2.94. The van der Waals surface area contributed by atoms with Crippen molar-refractivity contribution in [3.63, 3.8) is 0 Å². The number of nitrogens with one attached hydrogen (secondary N) is 1. The van der Waals surface area contributed by atoms with E-state index >= 15 is 0 Å². The molecule has 0 radical (unpaired) electrons. The van der Waals surface area contributed by atoms with Gasteiger partial charge < -0.3 is 10.2 Å². The zero-order valence-corrected chi connectivity index (χ0v) is 13.0. The van der Waals surface area contributed by atoms with Crippen molar-refractivity contribution in [2.45, 2.75) is 45.2 Å². The van der Waals surface area contributed by atoms with E-state index in [4.69, 9.17) is 0 Å². The van der Waals surface area contributed by atoms with Crippen molar-refractivity contribution in [3.8, 4) is 0 Å². The largest absolute Gasteiger partial charge is 0.368 e. The number of hydrogen-bond acceptors (Lipinski definition) is 2. The molecule has 100 valence electrons. The summed E-state index contributed by atoms with van der Waals surface area (Å²) in [6.07, 6.45) is 5.46. The molecule has 1 aliphatic rings. The Kier molecular flexibility index (Phi) is 5.07. The number of rotatable bonds is 5. The van der Waals surface area contributed by atoms with E-state index in [-0.39, 0.29) is 0 Å². The third kappa shape index (κ3) is 3.07. The van der Waals surface area contributed by atoms with Crippen molar-refractivity contribution in [2.24, 2.45) is 0 Å². The Bertz CT molecular complexity index is 386. The van der Waals surface area contributed by atoms with E-state index in [1.807, 2.05) is 7.05 Å². The first-order valence-electron chi connectivity index (χ1n) is 6.96. The molecule has 1 saturated carbocycles. The smallest absolute Gasteiger partial charge is 0.0513 e. The maximum absolute atomic E-state index is 3.74. The predicted molar refractivity (Wildman–Crippen MR) is 82.2 cm³/mol. The van der Waals surface area contributed by atoms with Gasteiger partial charge in [0.15, 0.2) is 0 Å². The minimum absolute atomic E-state index is 0.737. The van der Waals surface area contributed by atoms with Gasteiger partial charge in [-0.05, 0) is 60.4 Å². The Morgan fingerprint density at radius 3 is 2.61 bits per heavy atom. The fourth-order valence-corrected chi connectivity index (χ4v) is 3.59. The molecule has 3 heteroatoms. The molecule has 0 atom stereocenters. The number of halogens is 1. The number of hydrogen-bond donors (Lipinski definition) is 1. The van der Waals surface area contributed by atoms with Crippen LogP contribution in [-0.2, 0) is 6.54 Å². The number of nitrogens with zero attached hydrogens (tertiary/aromatic N) is 1. The molecule has 1 aliphatic carbocycles. The second-order valence-electron chi connectivity index (χ2n) is 5.04. The molecule has 1 aromatic carbocycles. The molecule has 0 unspecified atom stereocenters. The van der Waals surface area contributed by atoms with Gasteiger partial charge in [0.2, 0.25) is 0 Å². The Morgan fingerprint density at radius 2 is 2.06 bits per heavy atom. The molecule has 0 spiro atoms. The first-order valence-corrected chi connectivity index (χ1v) is 7.75. The van der Waals surface area contributed by atoms with E-state index < -0.39 is 0 Å². The molecule has 0 aliphatic heterocycles. The highest BCUT2D eigenvalue weighted by atomic mass is 79.9. The summed E-state index contributed by atoms with van der Waals surface area (Å²) in [5.74, 6) is 0. The number of anilines is 1. The van der Waals surface area contributed by atoms with Gasteiger partial charge in [-0.1, -0.05) is 18.9 Å². The van der Waals surface area contributed by atoms with Gasteiger partial charge in [0, 0.05) is 23.6 Å². The van der Waals surface area contributed by atoms with Crippen LogP contribution >= 0.6 is 15.9 Å². The lowest BCUT2D eigenvalue weighted by molar-refractivity contribution is 0.619. The molecule has 1 N–H and O–H groups in total. The van der Waals surface area contributed by atoms with Gasteiger partial charge in [0.05, 0.1) is 5.69 Å². The normalized spacial score (nSPS) is 16.2. The summed E-state index contributed by atoms with van der Waals surface area (Å²) in [7, 11) is 1.98. The molecule has 0 aromatic heterocycles. The summed E-state index contributed by atoms with van der Waals surface area (Å²) in [6.45, 7) is 4.27. The third-order valence-corrected chi connectivity index (χ3v) is 4.44. The first-order chi connectivity index (χ1) is 8.76. The zero-order chi connectivity index (χ0) is 13.0. The third-order valence-electron chi connectivity index (χ3n) is 3.81. The van der Waals surface area contributed by atoms with Crippen molar-refractivity contribution in [1.82, 2.24) is 5.32 Å². The maximum atomic E-state index is 3.74. The maximum Gasteiger partial charge on any atom is 0.0513 e. The molecule has 0 saturated heterocycles. The summed E-state index contributed by atoms with van der Waals surface area (Å²) in [5, 5.41) is 3.19. The number of benzene rings is 1. The molecule has 1 fully saturated rings. The van der Waals surface area contributed by atoms with Crippen molar-refractivity contribution >= 4 is 21.6 Å². The van der Waals surface area contributed by atoms with Crippen LogP contribution in [0.4, 0.5) is 5.69 Å². The summed E-state index contributed by atoms with van der Waals surface area (Å²) in [6, 6.07) is 7.47. The van der Waals surface area contributed by atoms with Gasteiger partial charge in [-0.3, -0.25) is 0 Å². The summed E-state index contributed by atoms with van der Waals surface area (Å²) >= 11 is 3.74. The summed E-state index contributed by atoms with van der Waals surface area (Å²) < 4.78 is 1.23. The minimum Gasteiger partial charge on any atom is -0.368 e. The molecule has 2 rings (SSSR count). The fraction of sp³-hybridized carbons (Fsp3) is 0.600. The van der Waals surface area contributed by atoms with Crippen molar-refractivity contribution in [3.05, 3.63) is 28.2 Å². The Labute approximate surface area is 119 Å². The monoisotopic (exact) mass is 310 g/mol. The topological polar surface area (TPSA) is 15.3 Å². The van der Waals surface area contributed by atoms with Gasteiger partial charge >= 0.3 is 0 Å². The molecule has 18 heavy (non-hydrogen) atoms. The Morgan fingerprint density at radius 1 is 1.33 bits per heavy atom. The molecule has 0 bridgehead atoms. The average molecular weight is 311 g/mol. The van der Waals surface area contributed by atoms with Crippen LogP contribution in [0, 0.1) is 0 Å². The van der Waals surface area contributed by atoms with E-state index in [0.29, 0.717) is 0 Å². The van der Waals surface area contributed by atoms with Gasteiger partial charge in [-0.25, -0.2) is 0 Å². The lowest BCUT2D eigenvalue weighted by Gasteiger charge is -2.31. The average Bonchev–Trinajstić information content (AvgIpc) is 2.87. The highest BCUT2D eigenvalue weighted by Gasteiger charge is 2.22. The zero-order valence-electron chi connectivity index (χ0n) is 11.4. The standard InChI is InChI=1S/C15H23BrN2/c1-3-18(13-6-4-5-7-13)15-9-8-12(11-17-2)10-14(15)16/h8-10,13,17H,3-7,11H2,1-2H3. The van der Waals surface area contributed by atoms with Crippen molar-refractivity contribution in [1.29, 1.82) is 0 Å². The van der Waals surface area contributed by atoms with E-state index in [0.717, 1.165) is 19.1 Å². The van der Waals surface area contributed by atoms with Gasteiger partial charge in [-0.15, -0.1) is 0 Å². The molecule has 0 amide bonds. The summed E-state index contributed by atoms with van der Waals surface area (Å²) in [4.78, 5) is 2.56. The van der Waals surface area contributed by atoms with Gasteiger partial charge in [0.1, 0.15) is 0 Å². The van der Waals surface area contributed by atoms with E-state index in [1.54, 1.807) is 0 Å². The van der Waals surface area contributed by atoms with Crippen molar-refractivity contribution < 1.29 is 0 Å². The highest BCUT2D eigenvalue weighted by molar-refractivity contribution is 9.10. The lowest BCUT2D eigenvalue weighted by atomic mass is 10.1.